The lowest BCUT2D eigenvalue weighted by molar-refractivity contribution is -0.384. The molecule has 18 heavy (non-hydrogen) atoms. The predicted molar refractivity (Wildman–Crippen MR) is 78.8 cm³/mol. The van der Waals surface area contributed by atoms with Crippen LogP contribution in [0.4, 0.5) is 5.69 Å². The Morgan fingerprint density at radius 2 is 2.06 bits per heavy atom. The maximum Gasteiger partial charge on any atom is 0.269 e. The fourth-order valence-electron chi connectivity index (χ4n) is 1.40. The van der Waals surface area contributed by atoms with Crippen LogP contribution in [-0.2, 0) is 0 Å². The third-order valence-electron chi connectivity index (χ3n) is 2.37. The largest absolute Gasteiger partial charge is 0.269 e. The van der Waals surface area contributed by atoms with Gasteiger partial charge in [0, 0.05) is 16.6 Å². The van der Waals surface area contributed by atoms with Gasteiger partial charge in [-0.15, -0.1) is 6.58 Å². The second kappa shape index (κ2) is 7.34. The molecular weight excluding hydrogens is 318 g/mol. The van der Waals surface area contributed by atoms with Crippen LogP contribution >= 0.6 is 27.5 Å². The molecule has 0 spiro atoms. The molecule has 0 aliphatic heterocycles. The molecule has 0 heterocycles. The van der Waals surface area contributed by atoms with E-state index in [4.69, 9.17) is 11.6 Å². The number of nitro groups is 1. The lowest BCUT2D eigenvalue weighted by Gasteiger charge is -2.04. The topological polar surface area (TPSA) is 43.1 Å². The number of hydrogen-bond donors (Lipinski definition) is 0. The van der Waals surface area contributed by atoms with Crippen molar-refractivity contribution in [2.75, 3.05) is 0 Å². The Labute approximate surface area is 119 Å². The Balaban J connectivity index is 2.81. The third-order valence-corrected chi connectivity index (χ3v) is 3.84. The lowest BCUT2D eigenvalue weighted by atomic mass is 10.1. The third kappa shape index (κ3) is 4.27. The van der Waals surface area contributed by atoms with Crippen molar-refractivity contribution < 1.29 is 4.92 Å². The van der Waals surface area contributed by atoms with E-state index in [-0.39, 0.29) is 5.69 Å². The van der Waals surface area contributed by atoms with Crippen LogP contribution in [0.15, 0.2) is 41.4 Å². The quantitative estimate of drug-likeness (QED) is 0.309. The Morgan fingerprint density at radius 1 is 1.44 bits per heavy atom. The highest BCUT2D eigenvalue weighted by molar-refractivity contribution is 9.11. The van der Waals surface area contributed by atoms with Gasteiger partial charge in [-0.05, 0) is 37.0 Å². The fraction of sp³-hybridized carbons (Fsp3) is 0.231. The molecular formula is C13H13BrClNO2. The van der Waals surface area contributed by atoms with Gasteiger partial charge in [0.25, 0.3) is 5.69 Å². The van der Waals surface area contributed by atoms with Gasteiger partial charge in [0.2, 0.25) is 0 Å². The molecule has 0 saturated carbocycles. The smallest absolute Gasteiger partial charge is 0.258 e. The van der Waals surface area contributed by atoms with Gasteiger partial charge >= 0.3 is 0 Å². The number of halogens is 2. The van der Waals surface area contributed by atoms with Gasteiger partial charge in [-0.2, -0.15) is 0 Å². The highest BCUT2D eigenvalue weighted by atomic mass is 79.9. The van der Waals surface area contributed by atoms with Crippen LogP contribution in [0.1, 0.15) is 24.8 Å². The second-order valence-electron chi connectivity index (χ2n) is 3.70. The van der Waals surface area contributed by atoms with E-state index in [0.717, 1.165) is 29.3 Å². The number of benzene rings is 1. The van der Waals surface area contributed by atoms with Crippen LogP contribution in [0.2, 0.25) is 0 Å². The Kier molecular flexibility index (Phi) is 6.09. The molecule has 0 aromatic heterocycles. The van der Waals surface area contributed by atoms with Crippen LogP contribution in [0.25, 0.3) is 5.03 Å². The number of allylic oxidation sites excluding steroid dienone is 2. The summed E-state index contributed by atoms with van der Waals surface area (Å²) in [6.07, 6.45) is 4.58. The number of unbranched alkanes of at least 4 members (excludes halogenated alkanes) is 1. The van der Waals surface area contributed by atoms with Crippen LogP contribution in [0, 0.1) is 10.1 Å². The Bertz CT molecular complexity index is 468. The normalized spacial score (nSPS) is 11.9. The highest BCUT2D eigenvalue weighted by Crippen LogP contribution is 2.30. The van der Waals surface area contributed by atoms with Gasteiger partial charge < -0.3 is 0 Å². The molecule has 1 rings (SSSR count). The number of hydrogen-bond acceptors (Lipinski definition) is 2. The van der Waals surface area contributed by atoms with Gasteiger partial charge in [-0.3, -0.25) is 10.1 Å². The van der Waals surface area contributed by atoms with Crippen molar-refractivity contribution >= 4 is 38.3 Å². The predicted octanol–water partition coefficient (Wildman–Crippen LogP) is 5.25. The number of rotatable bonds is 6. The molecule has 0 bridgehead atoms. The van der Waals surface area contributed by atoms with Gasteiger partial charge in [0.05, 0.1) is 9.96 Å². The molecule has 3 nitrogen and oxygen atoms in total. The van der Waals surface area contributed by atoms with Crippen molar-refractivity contribution in [1.82, 2.24) is 0 Å². The average Bonchev–Trinajstić information content (AvgIpc) is 2.38. The maximum absolute atomic E-state index is 10.5. The molecule has 0 amide bonds. The van der Waals surface area contributed by atoms with Crippen molar-refractivity contribution in [3.05, 3.63) is 57.1 Å². The first-order valence-electron chi connectivity index (χ1n) is 5.46. The summed E-state index contributed by atoms with van der Waals surface area (Å²) < 4.78 is 0.903. The van der Waals surface area contributed by atoms with E-state index < -0.39 is 4.92 Å². The van der Waals surface area contributed by atoms with Crippen LogP contribution in [-0.4, -0.2) is 4.92 Å². The zero-order chi connectivity index (χ0) is 13.5. The van der Waals surface area contributed by atoms with Crippen LogP contribution in [0.3, 0.4) is 0 Å². The van der Waals surface area contributed by atoms with E-state index in [2.05, 4.69) is 22.5 Å². The summed E-state index contributed by atoms with van der Waals surface area (Å²) >= 11 is 9.64. The summed E-state index contributed by atoms with van der Waals surface area (Å²) in [5, 5.41) is 11.1. The minimum Gasteiger partial charge on any atom is -0.258 e. The van der Waals surface area contributed by atoms with Crippen LogP contribution < -0.4 is 0 Å². The molecule has 0 N–H and O–H groups in total. The minimum atomic E-state index is -0.430. The molecule has 5 heteroatoms. The SMILES string of the molecule is C=CCCC/C(Br)=C(/Cl)c1ccc([N+](=O)[O-])cc1. The summed E-state index contributed by atoms with van der Waals surface area (Å²) in [4.78, 5) is 10.1. The van der Waals surface area contributed by atoms with Crippen molar-refractivity contribution in [2.45, 2.75) is 19.3 Å². The minimum absolute atomic E-state index is 0.0611. The number of nitro benzene ring substituents is 1. The van der Waals surface area contributed by atoms with Crippen molar-refractivity contribution in [2.24, 2.45) is 0 Å². The molecule has 0 fully saturated rings. The van der Waals surface area contributed by atoms with Gasteiger partial charge in [0.1, 0.15) is 0 Å². The maximum atomic E-state index is 10.5. The number of non-ortho nitro benzene ring substituents is 1. The van der Waals surface area contributed by atoms with Gasteiger partial charge in [-0.25, -0.2) is 0 Å². The van der Waals surface area contributed by atoms with Gasteiger partial charge in [0.15, 0.2) is 0 Å². The molecule has 1 aromatic rings. The Morgan fingerprint density at radius 3 is 2.56 bits per heavy atom. The first-order valence-corrected chi connectivity index (χ1v) is 6.63. The van der Waals surface area contributed by atoms with Crippen molar-refractivity contribution in [3.8, 4) is 0 Å². The summed E-state index contributed by atoms with van der Waals surface area (Å²) in [5.74, 6) is 0. The highest BCUT2D eigenvalue weighted by Gasteiger charge is 2.08. The summed E-state index contributed by atoms with van der Waals surface area (Å²) in [5.41, 5.74) is 0.832. The van der Waals surface area contributed by atoms with Gasteiger partial charge in [-0.1, -0.05) is 33.6 Å². The molecule has 0 saturated heterocycles. The molecule has 0 unspecified atom stereocenters. The molecule has 0 aliphatic carbocycles. The average molecular weight is 331 g/mol. The van der Waals surface area contributed by atoms with E-state index in [0.29, 0.717) is 5.03 Å². The summed E-state index contributed by atoms with van der Waals surface area (Å²) in [7, 11) is 0. The lowest BCUT2D eigenvalue weighted by Crippen LogP contribution is -1.88. The second-order valence-corrected chi connectivity index (χ2v) is 5.04. The first kappa shape index (κ1) is 14.9. The van der Waals surface area contributed by atoms with Crippen LogP contribution in [0.5, 0.6) is 0 Å². The molecule has 96 valence electrons. The monoisotopic (exact) mass is 329 g/mol. The van der Waals surface area contributed by atoms with E-state index >= 15 is 0 Å². The van der Waals surface area contributed by atoms with E-state index in [1.807, 2.05) is 6.08 Å². The molecule has 0 radical (unpaired) electrons. The molecule has 1 aromatic carbocycles. The summed E-state index contributed by atoms with van der Waals surface area (Å²) in [6, 6.07) is 6.19. The van der Waals surface area contributed by atoms with E-state index in [1.165, 1.54) is 12.1 Å². The van der Waals surface area contributed by atoms with E-state index in [9.17, 15) is 10.1 Å². The van der Waals surface area contributed by atoms with Crippen molar-refractivity contribution in [3.63, 3.8) is 0 Å². The summed E-state index contributed by atoms with van der Waals surface area (Å²) in [6.45, 7) is 3.66. The van der Waals surface area contributed by atoms with E-state index in [1.54, 1.807) is 12.1 Å². The molecule has 0 atom stereocenters. The molecule has 0 aliphatic rings. The zero-order valence-corrected chi connectivity index (χ0v) is 12.1. The Hall–Kier alpha value is -1.13. The standard InChI is InChI=1S/C13H13BrClNO2/c1-2-3-4-5-12(14)13(15)10-6-8-11(9-7-10)16(17)18/h2,6-9H,1,3-5H2/b13-12-. The number of nitrogens with zero attached hydrogens (tertiary/aromatic N) is 1. The zero-order valence-electron chi connectivity index (χ0n) is 9.73. The first-order chi connectivity index (χ1) is 8.56. The fourth-order valence-corrected chi connectivity index (χ4v) is 2.13. The van der Waals surface area contributed by atoms with Crippen molar-refractivity contribution in [1.29, 1.82) is 0 Å².